The lowest BCUT2D eigenvalue weighted by atomic mass is 10.2. The van der Waals surface area contributed by atoms with E-state index in [2.05, 4.69) is 11.8 Å². The van der Waals surface area contributed by atoms with Crippen molar-refractivity contribution in [2.75, 3.05) is 0 Å². The van der Waals surface area contributed by atoms with E-state index in [0.717, 1.165) is 0 Å². The van der Waals surface area contributed by atoms with Crippen molar-refractivity contribution in [2.24, 2.45) is 0 Å². The van der Waals surface area contributed by atoms with Crippen LogP contribution in [0, 0.1) is 11.8 Å². The second-order valence-corrected chi connectivity index (χ2v) is 3.58. The molecule has 1 aromatic rings. The number of amides is 1. The van der Waals surface area contributed by atoms with Gasteiger partial charge in [0.25, 0.3) is 5.91 Å². The molecule has 98 valence electrons. The molecule has 0 saturated heterocycles. The Morgan fingerprint density at radius 2 is 1.79 bits per heavy atom. The zero-order valence-corrected chi connectivity index (χ0v) is 9.79. The van der Waals surface area contributed by atoms with Crippen LogP contribution in [0.3, 0.4) is 0 Å². The molecule has 19 heavy (non-hydrogen) atoms. The van der Waals surface area contributed by atoms with E-state index in [-0.39, 0.29) is 0 Å². The van der Waals surface area contributed by atoms with Crippen molar-refractivity contribution >= 4 is 17.8 Å². The Labute approximate surface area is 109 Å². The highest BCUT2D eigenvalue weighted by atomic mass is 16.4. The summed E-state index contributed by atoms with van der Waals surface area (Å²) in [4.78, 5) is 32.5. The van der Waals surface area contributed by atoms with Gasteiger partial charge in [-0.15, -0.1) is 0 Å². The molecule has 0 radical (unpaired) electrons. The van der Waals surface area contributed by atoms with Gasteiger partial charge in [0.15, 0.2) is 0 Å². The SMILES string of the molecule is O=C(O)C[C@H](NC(=O)C#Cc1ccccc1)C(=O)O. The quantitative estimate of drug-likeness (QED) is 0.666. The van der Waals surface area contributed by atoms with Crippen LogP contribution in [0.1, 0.15) is 12.0 Å². The Kier molecular flexibility index (Phi) is 5.11. The molecule has 0 saturated carbocycles. The van der Waals surface area contributed by atoms with E-state index >= 15 is 0 Å². The van der Waals surface area contributed by atoms with Crippen LogP contribution in [0.5, 0.6) is 0 Å². The molecule has 1 rings (SSSR count). The van der Waals surface area contributed by atoms with Crippen molar-refractivity contribution in [2.45, 2.75) is 12.5 Å². The monoisotopic (exact) mass is 261 g/mol. The van der Waals surface area contributed by atoms with Crippen LogP contribution in [0.2, 0.25) is 0 Å². The van der Waals surface area contributed by atoms with E-state index in [1.807, 2.05) is 5.32 Å². The first kappa shape index (κ1) is 14.3. The molecule has 0 spiro atoms. The van der Waals surface area contributed by atoms with Gasteiger partial charge in [-0.1, -0.05) is 24.1 Å². The summed E-state index contributed by atoms with van der Waals surface area (Å²) >= 11 is 0. The average Bonchev–Trinajstić information content (AvgIpc) is 2.36. The lowest BCUT2D eigenvalue weighted by molar-refractivity contribution is -0.146. The molecule has 1 atom stereocenters. The van der Waals surface area contributed by atoms with Crippen molar-refractivity contribution in [1.82, 2.24) is 5.32 Å². The fourth-order valence-electron chi connectivity index (χ4n) is 1.22. The Morgan fingerprint density at radius 1 is 1.16 bits per heavy atom. The van der Waals surface area contributed by atoms with Crippen molar-refractivity contribution in [3.8, 4) is 11.8 Å². The van der Waals surface area contributed by atoms with Crippen LogP contribution in [0.25, 0.3) is 0 Å². The highest BCUT2D eigenvalue weighted by Gasteiger charge is 2.22. The zero-order valence-electron chi connectivity index (χ0n) is 9.79. The Bertz CT molecular complexity index is 541. The molecule has 3 N–H and O–H groups in total. The molecule has 0 aliphatic heterocycles. The fraction of sp³-hybridized carbons (Fsp3) is 0.154. The molecular weight excluding hydrogens is 250 g/mol. The molecule has 6 nitrogen and oxygen atoms in total. The van der Waals surface area contributed by atoms with Gasteiger partial charge in [-0.05, 0) is 12.1 Å². The average molecular weight is 261 g/mol. The summed E-state index contributed by atoms with van der Waals surface area (Å²) in [5.74, 6) is 1.17. The van der Waals surface area contributed by atoms with E-state index in [1.165, 1.54) is 0 Å². The number of hydrogen-bond donors (Lipinski definition) is 3. The van der Waals surface area contributed by atoms with Gasteiger partial charge in [-0.2, -0.15) is 0 Å². The number of carboxylic acids is 2. The number of aliphatic carboxylic acids is 2. The molecule has 0 aliphatic rings. The van der Waals surface area contributed by atoms with Crippen molar-refractivity contribution in [1.29, 1.82) is 0 Å². The van der Waals surface area contributed by atoms with E-state index in [0.29, 0.717) is 5.56 Å². The lowest BCUT2D eigenvalue weighted by Crippen LogP contribution is -2.41. The first-order valence-corrected chi connectivity index (χ1v) is 5.31. The highest BCUT2D eigenvalue weighted by Crippen LogP contribution is 1.95. The Hall–Kier alpha value is -2.81. The third-order valence-electron chi connectivity index (χ3n) is 2.08. The first-order valence-electron chi connectivity index (χ1n) is 5.31. The van der Waals surface area contributed by atoms with Gasteiger partial charge in [0.2, 0.25) is 0 Å². The van der Waals surface area contributed by atoms with E-state index in [4.69, 9.17) is 10.2 Å². The number of carbonyl (C=O) groups is 3. The summed E-state index contributed by atoms with van der Waals surface area (Å²) in [6.45, 7) is 0. The van der Waals surface area contributed by atoms with Crippen LogP contribution in [0.4, 0.5) is 0 Å². The first-order chi connectivity index (χ1) is 8.99. The molecular formula is C13H11NO5. The molecule has 1 aromatic carbocycles. The lowest BCUT2D eigenvalue weighted by Gasteiger charge is -2.09. The molecule has 0 fully saturated rings. The van der Waals surface area contributed by atoms with Crippen molar-refractivity contribution in [3.05, 3.63) is 35.9 Å². The minimum absolute atomic E-state index is 0.600. The van der Waals surface area contributed by atoms with E-state index in [9.17, 15) is 14.4 Å². The molecule has 0 unspecified atom stereocenters. The number of carboxylic acid groups (broad SMARTS) is 2. The van der Waals surface area contributed by atoms with Gasteiger partial charge in [-0.3, -0.25) is 9.59 Å². The molecule has 0 heterocycles. The van der Waals surface area contributed by atoms with Crippen LogP contribution in [0.15, 0.2) is 30.3 Å². The molecule has 0 aliphatic carbocycles. The van der Waals surface area contributed by atoms with Crippen LogP contribution >= 0.6 is 0 Å². The minimum atomic E-state index is -1.49. The topological polar surface area (TPSA) is 104 Å². The summed E-state index contributed by atoms with van der Waals surface area (Å²) in [5, 5.41) is 19.3. The van der Waals surface area contributed by atoms with Gasteiger partial charge in [0, 0.05) is 11.5 Å². The van der Waals surface area contributed by atoms with Crippen molar-refractivity contribution < 1.29 is 24.6 Å². The largest absolute Gasteiger partial charge is 0.481 e. The molecule has 1 amide bonds. The number of hydrogen-bond acceptors (Lipinski definition) is 3. The van der Waals surface area contributed by atoms with Crippen LogP contribution in [-0.2, 0) is 14.4 Å². The van der Waals surface area contributed by atoms with E-state index in [1.54, 1.807) is 30.3 Å². The summed E-state index contributed by atoms with van der Waals surface area (Å²) in [5.41, 5.74) is 0.600. The fourth-order valence-corrected chi connectivity index (χ4v) is 1.22. The van der Waals surface area contributed by atoms with Gasteiger partial charge < -0.3 is 15.5 Å². The van der Waals surface area contributed by atoms with E-state index < -0.39 is 30.3 Å². The van der Waals surface area contributed by atoms with Gasteiger partial charge >= 0.3 is 11.9 Å². The predicted molar refractivity (Wildman–Crippen MR) is 65.1 cm³/mol. The van der Waals surface area contributed by atoms with Crippen LogP contribution < -0.4 is 5.32 Å². The van der Waals surface area contributed by atoms with Gasteiger partial charge in [0.1, 0.15) is 6.04 Å². The summed E-state index contributed by atoms with van der Waals surface area (Å²) < 4.78 is 0. The zero-order chi connectivity index (χ0) is 14.3. The maximum atomic E-state index is 11.4. The third-order valence-corrected chi connectivity index (χ3v) is 2.08. The highest BCUT2D eigenvalue weighted by molar-refractivity contribution is 5.97. The number of benzene rings is 1. The Morgan fingerprint density at radius 3 is 2.32 bits per heavy atom. The number of rotatable bonds is 4. The second kappa shape index (κ2) is 6.81. The number of nitrogens with one attached hydrogen (secondary N) is 1. The van der Waals surface area contributed by atoms with Crippen LogP contribution in [-0.4, -0.2) is 34.1 Å². The van der Waals surface area contributed by atoms with Crippen molar-refractivity contribution in [3.63, 3.8) is 0 Å². The molecule has 0 bridgehead atoms. The predicted octanol–water partition coefficient (Wildman–Crippen LogP) is 0.0822. The molecule has 0 aromatic heterocycles. The maximum Gasteiger partial charge on any atom is 0.326 e. The standard InChI is InChI=1S/C13H11NO5/c15-11(7-6-9-4-2-1-3-5-9)14-10(13(18)19)8-12(16)17/h1-5,10H,8H2,(H,14,15)(H,16,17)(H,18,19)/t10-/m0/s1. The third kappa shape index (κ3) is 5.37. The normalized spacial score (nSPS) is 10.7. The number of carbonyl (C=O) groups excluding carboxylic acids is 1. The smallest absolute Gasteiger partial charge is 0.326 e. The Balaban J connectivity index is 2.66. The summed E-state index contributed by atoms with van der Waals surface area (Å²) in [6.07, 6.45) is -0.700. The second-order valence-electron chi connectivity index (χ2n) is 3.58. The molecule has 6 heteroatoms. The maximum absolute atomic E-state index is 11.4. The minimum Gasteiger partial charge on any atom is -0.481 e. The summed E-state index contributed by atoms with van der Waals surface area (Å²) in [7, 11) is 0. The van der Waals surface area contributed by atoms with Gasteiger partial charge in [-0.25, -0.2) is 4.79 Å². The van der Waals surface area contributed by atoms with Gasteiger partial charge in [0.05, 0.1) is 6.42 Å². The summed E-state index contributed by atoms with van der Waals surface area (Å²) in [6, 6.07) is 7.16.